The van der Waals surface area contributed by atoms with Crippen molar-refractivity contribution in [1.82, 2.24) is 5.32 Å². The van der Waals surface area contributed by atoms with E-state index in [2.05, 4.69) is 5.32 Å². The minimum absolute atomic E-state index is 0.0312. The van der Waals surface area contributed by atoms with E-state index in [0.29, 0.717) is 5.56 Å². The Labute approximate surface area is 165 Å². The van der Waals surface area contributed by atoms with Gasteiger partial charge in [0.15, 0.2) is 0 Å². The van der Waals surface area contributed by atoms with Crippen molar-refractivity contribution in [3.63, 3.8) is 0 Å². The summed E-state index contributed by atoms with van der Waals surface area (Å²) in [5.74, 6) is -1.54. The lowest BCUT2D eigenvalue weighted by molar-refractivity contribution is -0.152. The Morgan fingerprint density at radius 1 is 1.15 bits per heavy atom. The number of rotatable bonds is 6. The molecule has 0 heterocycles. The van der Waals surface area contributed by atoms with Crippen molar-refractivity contribution in [2.24, 2.45) is 5.92 Å². The van der Waals surface area contributed by atoms with E-state index < -0.39 is 41.5 Å². The molecule has 0 aliphatic rings. The third kappa shape index (κ3) is 7.01. The molecule has 0 bridgehead atoms. The summed E-state index contributed by atoms with van der Waals surface area (Å²) in [6.07, 6.45) is -1.35. The van der Waals surface area contributed by atoms with Crippen LogP contribution in [0.1, 0.15) is 59.9 Å². The predicted molar refractivity (Wildman–Crippen MR) is 103 cm³/mol. The van der Waals surface area contributed by atoms with Crippen molar-refractivity contribution in [3.8, 4) is 0 Å². The second-order valence-electron chi connectivity index (χ2n) is 7.92. The highest BCUT2D eigenvalue weighted by Crippen LogP contribution is 2.36. The molecule has 0 saturated carbocycles. The molecule has 0 saturated heterocycles. The van der Waals surface area contributed by atoms with Gasteiger partial charge in [-0.3, -0.25) is 0 Å². The summed E-state index contributed by atoms with van der Waals surface area (Å²) in [5, 5.41) is 2.72. The van der Waals surface area contributed by atoms with E-state index >= 15 is 0 Å². The van der Waals surface area contributed by atoms with E-state index in [1.165, 1.54) is 19.1 Å². The highest BCUT2D eigenvalue weighted by Gasteiger charge is 2.31. The minimum atomic E-state index is -0.911. The van der Waals surface area contributed by atoms with Crippen LogP contribution in [0, 0.1) is 11.7 Å². The maximum absolute atomic E-state index is 14.3. The van der Waals surface area contributed by atoms with E-state index in [4.69, 9.17) is 21.1 Å². The van der Waals surface area contributed by atoms with Crippen molar-refractivity contribution in [2.45, 2.75) is 72.1 Å². The number of halogens is 2. The Kier molecular flexibility index (Phi) is 8.08. The summed E-state index contributed by atoms with van der Waals surface area (Å²) < 4.78 is 25.0. The number of alkyl carbamates (subject to hydrolysis) is 1. The number of carbonyl (C=O) groups excluding carboxylic acids is 2. The van der Waals surface area contributed by atoms with Crippen LogP contribution in [0.3, 0.4) is 0 Å². The monoisotopic (exact) mass is 401 g/mol. The fourth-order valence-electron chi connectivity index (χ4n) is 2.84. The summed E-state index contributed by atoms with van der Waals surface area (Å²) in [6, 6.07) is 3.56. The zero-order chi connectivity index (χ0) is 20.9. The smallest absolute Gasteiger partial charge is 0.408 e. The highest BCUT2D eigenvalue weighted by atomic mass is 35.5. The molecule has 0 fully saturated rings. The number of amides is 1. The second kappa shape index (κ2) is 9.40. The molecule has 1 aromatic carbocycles. The molecule has 0 radical (unpaired) electrons. The largest absolute Gasteiger partial charge is 0.460 e. The molecule has 1 amide bonds. The van der Waals surface area contributed by atoms with Crippen molar-refractivity contribution < 1.29 is 23.5 Å². The Balaban J connectivity index is 2.86. The molecule has 0 spiro atoms. The first-order valence-corrected chi connectivity index (χ1v) is 9.35. The first kappa shape index (κ1) is 23.2. The first-order valence-electron chi connectivity index (χ1n) is 8.97. The van der Waals surface area contributed by atoms with Crippen LogP contribution in [0.4, 0.5) is 9.18 Å². The average molecular weight is 402 g/mol. The number of nitrogens with one attached hydrogen (secondary N) is 1. The molecule has 3 atom stereocenters. The van der Waals surface area contributed by atoms with Crippen LogP contribution >= 0.6 is 11.6 Å². The lowest BCUT2D eigenvalue weighted by Crippen LogP contribution is -2.43. The number of hydrogen-bond acceptors (Lipinski definition) is 4. The van der Waals surface area contributed by atoms with Gasteiger partial charge in [0.25, 0.3) is 0 Å². The van der Waals surface area contributed by atoms with Crippen molar-refractivity contribution in [2.75, 3.05) is 0 Å². The van der Waals surface area contributed by atoms with E-state index in [-0.39, 0.29) is 10.9 Å². The van der Waals surface area contributed by atoms with Crippen LogP contribution in [0.2, 0.25) is 5.02 Å². The summed E-state index contributed by atoms with van der Waals surface area (Å²) in [7, 11) is 0. The lowest BCUT2D eigenvalue weighted by Gasteiger charge is -2.30. The predicted octanol–water partition coefficient (Wildman–Crippen LogP) is 5.06. The number of hydrogen-bond donors (Lipinski definition) is 1. The SMILES string of the molecule is CC(C)[C@@H](c1c(F)cccc1Cl)[C@H](C)OC(=O)[C@H](C)NC(=O)OC(C)(C)C. The van der Waals surface area contributed by atoms with Gasteiger partial charge in [-0.25, -0.2) is 14.0 Å². The third-order valence-electron chi connectivity index (χ3n) is 3.95. The quantitative estimate of drug-likeness (QED) is 0.676. The Morgan fingerprint density at radius 3 is 2.22 bits per heavy atom. The van der Waals surface area contributed by atoms with Gasteiger partial charge in [-0.05, 0) is 52.7 Å². The summed E-state index contributed by atoms with van der Waals surface area (Å²) >= 11 is 6.19. The normalized spacial score (nSPS) is 15.0. The van der Waals surface area contributed by atoms with Crippen LogP contribution in [-0.2, 0) is 14.3 Å². The average Bonchev–Trinajstić information content (AvgIpc) is 2.48. The molecule has 0 aliphatic carbocycles. The minimum Gasteiger partial charge on any atom is -0.460 e. The molecular weight excluding hydrogens is 373 g/mol. The highest BCUT2D eigenvalue weighted by molar-refractivity contribution is 6.31. The van der Waals surface area contributed by atoms with Gasteiger partial charge < -0.3 is 14.8 Å². The van der Waals surface area contributed by atoms with Gasteiger partial charge in [-0.2, -0.15) is 0 Å². The van der Waals surface area contributed by atoms with Crippen LogP contribution in [0.15, 0.2) is 18.2 Å². The van der Waals surface area contributed by atoms with Gasteiger partial charge in [-0.15, -0.1) is 0 Å². The molecule has 5 nitrogen and oxygen atoms in total. The van der Waals surface area contributed by atoms with E-state index in [1.807, 2.05) is 13.8 Å². The van der Waals surface area contributed by atoms with Crippen molar-refractivity contribution in [3.05, 3.63) is 34.6 Å². The Bertz CT molecular complexity index is 652. The molecule has 27 heavy (non-hydrogen) atoms. The van der Waals surface area contributed by atoms with Crippen LogP contribution in [0.25, 0.3) is 0 Å². The van der Waals surface area contributed by atoms with Gasteiger partial charge in [0, 0.05) is 16.5 Å². The molecule has 7 heteroatoms. The Hall–Kier alpha value is -1.82. The zero-order valence-electron chi connectivity index (χ0n) is 16.9. The third-order valence-corrected chi connectivity index (χ3v) is 4.28. The maximum atomic E-state index is 14.3. The van der Waals surface area contributed by atoms with Crippen molar-refractivity contribution >= 4 is 23.7 Å². The van der Waals surface area contributed by atoms with E-state index in [1.54, 1.807) is 33.8 Å². The van der Waals surface area contributed by atoms with Crippen LogP contribution in [-0.4, -0.2) is 29.8 Å². The van der Waals surface area contributed by atoms with E-state index in [9.17, 15) is 14.0 Å². The number of benzene rings is 1. The molecule has 1 aromatic rings. The van der Waals surface area contributed by atoms with Crippen LogP contribution < -0.4 is 5.32 Å². The molecule has 1 rings (SSSR count). The van der Waals surface area contributed by atoms with Gasteiger partial charge in [0.05, 0.1) is 0 Å². The fourth-order valence-corrected chi connectivity index (χ4v) is 3.13. The Morgan fingerprint density at radius 2 is 1.74 bits per heavy atom. The fraction of sp³-hybridized carbons (Fsp3) is 0.600. The van der Waals surface area contributed by atoms with Gasteiger partial charge in [0.2, 0.25) is 0 Å². The summed E-state index contributed by atoms with van der Waals surface area (Å²) in [6.45, 7) is 12.2. The van der Waals surface area contributed by atoms with Gasteiger partial charge in [0.1, 0.15) is 23.6 Å². The number of carbonyl (C=O) groups is 2. The van der Waals surface area contributed by atoms with Gasteiger partial charge in [-0.1, -0.05) is 31.5 Å². The molecule has 0 aliphatic heterocycles. The second-order valence-corrected chi connectivity index (χ2v) is 8.32. The molecular formula is C20H29ClFNO4. The summed E-state index contributed by atoms with van der Waals surface area (Å²) in [5.41, 5.74) is -0.354. The zero-order valence-corrected chi connectivity index (χ0v) is 17.7. The van der Waals surface area contributed by atoms with Crippen LogP contribution in [0.5, 0.6) is 0 Å². The molecule has 0 aromatic heterocycles. The molecule has 152 valence electrons. The first-order chi connectivity index (χ1) is 12.3. The standard InChI is InChI=1S/C20H29ClFNO4/c1-11(2)16(17-14(21)9-8-10-15(17)22)13(4)26-18(24)12(3)23-19(25)27-20(5,6)7/h8-13,16H,1-7H3,(H,23,25)/t12-,13-,16+/m0/s1. The van der Waals surface area contributed by atoms with Gasteiger partial charge >= 0.3 is 12.1 Å². The lowest BCUT2D eigenvalue weighted by atomic mass is 9.84. The van der Waals surface area contributed by atoms with Crippen molar-refractivity contribution in [1.29, 1.82) is 0 Å². The number of esters is 1. The number of ether oxygens (including phenoxy) is 2. The molecule has 1 N–H and O–H groups in total. The topological polar surface area (TPSA) is 64.6 Å². The van der Waals surface area contributed by atoms with E-state index in [0.717, 1.165) is 0 Å². The maximum Gasteiger partial charge on any atom is 0.408 e. The molecule has 0 unspecified atom stereocenters. The summed E-state index contributed by atoms with van der Waals surface area (Å²) in [4.78, 5) is 24.2.